The second kappa shape index (κ2) is 7.50. The van der Waals surface area contributed by atoms with Crippen LogP contribution in [0.5, 0.6) is 0 Å². The number of nitriles is 1. The first-order valence-electron chi connectivity index (χ1n) is 10.9. The fourth-order valence-corrected chi connectivity index (χ4v) is 4.85. The number of fused-ring (bicyclic) bond motifs is 3. The number of imidazole rings is 1. The van der Waals surface area contributed by atoms with Crippen molar-refractivity contribution in [2.45, 2.75) is 64.1 Å². The standard InChI is InChI=1S/C23H27N7O/c1-23(2,31)14-29-13-16(11-27-29)22-28-19-12-26-21-18(8-10-25-21)20(19)30(22)17-5-3-15(4-6-17)7-9-24/h8,10-13,15,17,31H,3-7,14H2,1-2H3,(H,25,26). The summed E-state index contributed by atoms with van der Waals surface area (Å²) in [5.74, 6) is 1.37. The Morgan fingerprint density at radius 1 is 1.26 bits per heavy atom. The molecule has 4 aromatic rings. The van der Waals surface area contributed by atoms with E-state index in [0.717, 1.165) is 59.1 Å². The summed E-state index contributed by atoms with van der Waals surface area (Å²) in [5.41, 5.74) is 2.92. The van der Waals surface area contributed by atoms with Crippen molar-refractivity contribution >= 4 is 22.1 Å². The Labute approximate surface area is 180 Å². The molecule has 31 heavy (non-hydrogen) atoms. The summed E-state index contributed by atoms with van der Waals surface area (Å²) in [6.45, 7) is 3.96. The largest absolute Gasteiger partial charge is 0.389 e. The van der Waals surface area contributed by atoms with Crippen LogP contribution in [-0.4, -0.2) is 40.0 Å². The highest BCUT2D eigenvalue weighted by molar-refractivity contribution is 6.02. The lowest BCUT2D eigenvalue weighted by Gasteiger charge is -2.29. The van der Waals surface area contributed by atoms with Crippen molar-refractivity contribution in [1.29, 1.82) is 5.26 Å². The van der Waals surface area contributed by atoms with Gasteiger partial charge in [-0.1, -0.05) is 0 Å². The number of H-pyrrole nitrogens is 1. The van der Waals surface area contributed by atoms with Gasteiger partial charge in [0.1, 0.15) is 17.0 Å². The molecule has 1 aliphatic carbocycles. The van der Waals surface area contributed by atoms with Gasteiger partial charge in [-0.3, -0.25) is 4.68 Å². The van der Waals surface area contributed by atoms with Crippen LogP contribution in [0.15, 0.2) is 30.9 Å². The van der Waals surface area contributed by atoms with Gasteiger partial charge in [0.05, 0.1) is 41.7 Å². The van der Waals surface area contributed by atoms with Crippen molar-refractivity contribution in [2.24, 2.45) is 5.92 Å². The Morgan fingerprint density at radius 3 is 2.81 bits per heavy atom. The number of hydrogen-bond donors (Lipinski definition) is 2. The van der Waals surface area contributed by atoms with Crippen LogP contribution in [0.1, 0.15) is 52.0 Å². The van der Waals surface area contributed by atoms with Gasteiger partial charge in [-0.05, 0) is 51.5 Å². The third kappa shape index (κ3) is 3.70. The first kappa shape index (κ1) is 19.8. The highest BCUT2D eigenvalue weighted by atomic mass is 16.3. The molecule has 0 unspecified atom stereocenters. The van der Waals surface area contributed by atoms with Gasteiger partial charge in [-0.2, -0.15) is 10.4 Å². The van der Waals surface area contributed by atoms with E-state index in [2.05, 4.69) is 31.8 Å². The Kier molecular flexibility index (Phi) is 4.78. The quantitative estimate of drug-likeness (QED) is 0.506. The number of aromatic amines is 1. The van der Waals surface area contributed by atoms with Crippen LogP contribution in [0.4, 0.5) is 0 Å². The SMILES string of the molecule is CC(C)(O)Cn1cc(-c2nc3cnc4[nH]ccc4c3n2C2CCC(CC#N)CC2)cn1. The molecule has 4 aromatic heterocycles. The monoisotopic (exact) mass is 417 g/mol. The fourth-order valence-electron chi connectivity index (χ4n) is 4.85. The minimum absolute atomic E-state index is 0.313. The lowest BCUT2D eigenvalue weighted by atomic mass is 9.84. The van der Waals surface area contributed by atoms with Gasteiger partial charge in [0.15, 0.2) is 0 Å². The molecule has 0 aliphatic heterocycles. The molecule has 8 heteroatoms. The maximum Gasteiger partial charge on any atom is 0.144 e. The van der Waals surface area contributed by atoms with Crippen LogP contribution in [0, 0.1) is 17.2 Å². The molecular weight excluding hydrogens is 390 g/mol. The van der Waals surface area contributed by atoms with Gasteiger partial charge in [-0.25, -0.2) is 9.97 Å². The summed E-state index contributed by atoms with van der Waals surface area (Å²) >= 11 is 0. The maximum absolute atomic E-state index is 10.2. The van der Waals surface area contributed by atoms with Crippen LogP contribution < -0.4 is 0 Å². The van der Waals surface area contributed by atoms with E-state index in [1.165, 1.54) is 0 Å². The van der Waals surface area contributed by atoms with Crippen LogP contribution >= 0.6 is 0 Å². The molecule has 1 fully saturated rings. The van der Waals surface area contributed by atoms with Crippen molar-refractivity contribution in [1.82, 2.24) is 29.3 Å². The summed E-state index contributed by atoms with van der Waals surface area (Å²) < 4.78 is 4.13. The first-order valence-corrected chi connectivity index (χ1v) is 10.9. The predicted molar refractivity (Wildman–Crippen MR) is 118 cm³/mol. The van der Waals surface area contributed by atoms with E-state index < -0.39 is 5.60 Å². The number of hydrogen-bond acceptors (Lipinski definition) is 5. The van der Waals surface area contributed by atoms with Gasteiger partial charge in [0, 0.05) is 30.2 Å². The molecule has 5 rings (SSSR count). The molecule has 0 saturated heterocycles. The molecule has 4 heterocycles. The highest BCUT2D eigenvalue weighted by Crippen LogP contribution is 2.40. The highest BCUT2D eigenvalue weighted by Gasteiger charge is 2.28. The number of nitrogens with zero attached hydrogens (tertiary/aromatic N) is 6. The molecule has 0 atom stereocenters. The van der Waals surface area contributed by atoms with E-state index in [9.17, 15) is 5.11 Å². The molecule has 0 spiro atoms. The number of aliphatic hydroxyl groups is 1. The number of rotatable bonds is 5. The molecule has 0 amide bonds. The maximum atomic E-state index is 10.2. The smallest absolute Gasteiger partial charge is 0.144 e. The number of nitrogens with one attached hydrogen (secondary N) is 1. The lowest BCUT2D eigenvalue weighted by Crippen LogP contribution is -2.26. The topological polar surface area (TPSA) is 108 Å². The summed E-state index contributed by atoms with van der Waals surface area (Å²) in [5, 5.41) is 24.8. The Hall–Kier alpha value is -3.18. The van der Waals surface area contributed by atoms with Gasteiger partial charge in [0.25, 0.3) is 0 Å². The molecule has 1 aliphatic rings. The summed E-state index contributed by atoms with van der Waals surface area (Å²) in [7, 11) is 0. The molecule has 0 aromatic carbocycles. The molecule has 160 valence electrons. The third-order valence-electron chi connectivity index (χ3n) is 6.24. The number of pyridine rings is 1. The van der Waals surface area contributed by atoms with Crippen LogP contribution in [0.3, 0.4) is 0 Å². The van der Waals surface area contributed by atoms with Crippen LogP contribution in [0.25, 0.3) is 33.5 Å². The molecular formula is C23H27N7O. The average Bonchev–Trinajstić information content (AvgIpc) is 3.44. The van der Waals surface area contributed by atoms with Crippen molar-refractivity contribution in [3.8, 4) is 17.5 Å². The van der Waals surface area contributed by atoms with Gasteiger partial charge in [-0.15, -0.1) is 0 Å². The number of aromatic nitrogens is 6. The zero-order chi connectivity index (χ0) is 21.6. The average molecular weight is 418 g/mol. The summed E-state index contributed by atoms with van der Waals surface area (Å²) in [6.07, 6.45) is 12.3. The summed E-state index contributed by atoms with van der Waals surface area (Å²) in [6, 6.07) is 4.71. The minimum Gasteiger partial charge on any atom is -0.389 e. The Morgan fingerprint density at radius 2 is 2.06 bits per heavy atom. The minimum atomic E-state index is -0.843. The molecule has 1 saturated carbocycles. The second-order valence-corrected chi connectivity index (χ2v) is 9.31. The van der Waals surface area contributed by atoms with Gasteiger partial charge in [0.2, 0.25) is 0 Å². The van der Waals surface area contributed by atoms with E-state index in [-0.39, 0.29) is 0 Å². The van der Waals surface area contributed by atoms with E-state index in [1.54, 1.807) is 18.5 Å². The molecule has 0 radical (unpaired) electrons. The normalized spacial score (nSPS) is 19.8. The third-order valence-corrected chi connectivity index (χ3v) is 6.24. The fraction of sp³-hybridized carbons (Fsp3) is 0.478. The lowest BCUT2D eigenvalue weighted by molar-refractivity contribution is 0.0577. The van der Waals surface area contributed by atoms with Crippen molar-refractivity contribution in [3.05, 3.63) is 30.9 Å². The first-order chi connectivity index (χ1) is 14.9. The van der Waals surface area contributed by atoms with E-state index in [0.29, 0.717) is 24.9 Å². The van der Waals surface area contributed by atoms with Gasteiger partial charge < -0.3 is 14.7 Å². The molecule has 2 N–H and O–H groups in total. The Balaban J connectivity index is 1.62. The zero-order valence-corrected chi connectivity index (χ0v) is 17.9. The van der Waals surface area contributed by atoms with Crippen LogP contribution in [-0.2, 0) is 6.54 Å². The van der Waals surface area contributed by atoms with Crippen molar-refractivity contribution < 1.29 is 5.11 Å². The van der Waals surface area contributed by atoms with Crippen molar-refractivity contribution in [2.75, 3.05) is 0 Å². The van der Waals surface area contributed by atoms with E-state index in [4.69, 9.17) is 10.2 Å². The predicted octanol–water partition coefficient (Wildman–Crippen LogP) is 4.19. The van der Waals surface area contributed by atoms with Crippen LogP contribution in [0.2, 0.25) is 0 Å². The summed E-state index contributed by atoms with van der Waals surface area (Å²) in [4.78, 5) is 12.7. The van der Waals surface area contributed by atoms with E-state index >= 15 is 0 Å². The second-order valence-electron chi connectivity index (χ2n) is 9.31. The van der Waals surface area contributed by atoms with E-state index in [1.807, 2.05) is 24.8 Å². The van der Waals surface area contributed by atoms with Crippen molar-refractivity contribution in [3.63, 3.8) is 0 Å². The molecule has 8 nitrogen and oxygen atoms in total. The Bertz CT molecular complexity index is 1260. The molecule has 0 bridgehead atoms. The zero-order valence-electron chi connectivity index (χ0n) is 17.9. The van der Waals surface area contributed by atoms with Gasteiger partial charge >= 0.3 is 0 Å².